The Morgan fingerprint density at radius 3 is 3.06 bits per heavy atom. The number of hydrogen-bond donors (Lipinski definition) is 1. The van der Waals surface area contributed by atoms with Gasteiger partial charge in [-0.3, -0.25) is 4.79 Å². The molecule has 0 saturated heterocycles. The third kappa shape index (κ3) is 2.42. The highest BCUT2D eigenvalue weighted by Crippen LogP contribution is 2.34. The molecule has 1 aliphatic rings. The van der Waals surface area contributed by atoms with Crippen LogP contribution in [0.5, 0.6) is 5.75 Å². The molecule has 1 amide bonds. The average molecular weight is 234 g/mol. The zero-order chi connectivity index (χ0) is 12.3. The molecular weight excluding hydrogens is 216 g/mol. The van der Waals surface area contributed by atoms with Crippen LogP contribution in [0.2, 0.25) is 0 Å². The second kappa shape index (κ2) is 5.19. The predicted octanol–water partition coefficient (Wildman–Crippen LogP) is 0.840. The van der Waals surface area contributed by atoms with E-state index in [1.807, 2.05) is 38.4 Å². The largest absolute Gasteiger partial charge is 0.492 e. The zero-order valence-electron chi connectivity index (χ0n) is 10.3. The third-order valence-corrected chi connectivity index (χ3v) is 3.07. The van der Waals surface area contributed by atoms with Crippen molar-refractivity contribution in [1.82, 2.24) is 10.2 Å². The van der Waals surface area contributed by atoms with Crippen molar-refractivity contribution in [3.05, 3.63) is 29.8 Å². The van der Waals surface area contributed by atoms with Gasteiger partial charge in [-0.25, -0.2) is 0 Å². The van der Waals surface area contributed by atoms with Crippen LogP contribution in [0.3, 0.4) is 0 Å². The van der Waals surface area contributed by atoms with Gasteiger partial charge in [0.2, 0.25) is 5.91 Å². The van der Waals surface area contributed by atoms with Crippen LogP contribution in [0.25, 0.3) is 0 Å². The van der Waals surface area contributed by atoms with Gasteiger partial charge in [-0.05, 0) is 13.1 Å². The van der Waals surface area contributed by atoms with Gasteiger partial charge in [-0.2, -0.15) is 0 Å². The maximum absolute atomic E-state index is 12.2. The van der Waals surface area contributed by atoms with Crippen molar-refractivity contribution < 1.29 is 9.53 Å². The van der Waals surface area contributed by atoms with Crippen molar-refractivity contribution in [2.45, 2.75) is 5.92 Å². The molecule has 1 heterocycles. The van der Waals surface area contributed by atoms with Crippen LogP contribution in [0, 0.1) is 0 Å². The van der Waals surface area contributed by atoms with Crippen LogP contribution in [0.4, 0.5) is 0 Å². The Kier molecular flexibility index (Phi) is 3.64. The molecule has 1 aromatic rings. The van der Waals surface area contributed by atoms with Gasteiger partial charge in [0.15, 0.2) is 0 Å². The molecule has 1 aromatic carbocycles. The van der Waals surface area contributed by atoms with Crippen LogP contribution < -0.4 is 10.1 Å². The lowest BCUT2D eigenvalue weighted by atomic mass is 10.00. The van der Waals surface area contributed by atoms with Gasteiger partial charge in [-0.1, -0.05) is 18.2 Å². The molecule has 0 saturated carbocycles. The number of carbonyl (C=O) groups is 1. The molecule has 92 valence electrons. The number of para-hydroxylation sites is 1. The number of benzene rings is 1. The smallest absolute Gasteiger partial charge is 0.233 e. The number of amides is 1. The number of nitrogens with one attached hydrogen (secondary N) is 1. The van der Waals surface area contributed by atoms with Crippen LogP contribution >= 0.6 is 0 Å². The van der Waals surface area contributed by atoms with Crippen molar-refractivity contribution in [3.8, 4) is 5.75 Å². The minimum absolute atomic E-state index is 0.130. The number of nitrogens with zero attached hydrogens (tertiary/aromatic N) is 1. The number of fused-ring (bicyclic) bond motifs is 1. The summed E-state index contributed by atoms with van der Waals surface area (Å²) in [7, 11) is 3.72. The van der Waals surface area contributed by atoms with Crippen LogP contribution in [0.1, 0.15) is 11.5 Å². The number of rotatable bonds is 4. The molecular formula is C13H18N2O2. The summed E-state index contributed by atoms with van der Waals surface area (Å²) >= 11 is 0. The maximum Gasteiger partial charge on any atom is 0.233 e. The number of likely N-dealkylation sites (N-methyl/N-ethyl adjacent to an activating group) is 2. The van der Waals surface area contributed by atoms with E-state index in [1.165, 1.54) is 0 Å². The molecule has 0 aromatic heterocycles. The minimum Gasteiger partial charge on any atom is -0.492 e. The first-order valence-corrected chi connectivity index (χ1v) is 5.85. The quantitative estimate of drug-likeness (QED) is 0.839. The zero-order valence-corrected chi connectivity index (χ0v) is 10.3. The highest BCUT2D eigenvalue weighted by molar-refractivity contribution is 5.85. The van der Waals surface area contributed by atoms with E-state index in [-0.39, 0.29) is 11.8 Å². The summed E-state index contributed by atoms with van der Waals surface area (Å²) in [5.74, 6) is 0.825. The monoisotopic (exact) mass is 234 g/mol. The summed E-state index contributed by atoms with van der Waals surface area (Å²) in [5, 5.41) is 3.04. The number of hydrogen-bond acceptors (Lipinski definition) is 3. The molecule has 1 aliphatic heterocycles. The van der Waals surface area contributed by atoms with Crippen molar-refractivity contribution in [1.29, 1.82) is 0 Å². The molecule has 1 atom stereocenters. The Bertz CT molecular complexity index is 406. The third-order valence-electron chi connectivity index (χ3n) is 3.07. The van der Waals surface area contributed by atoms with Crippen LogP contribution in [-0.4, -0.2) is 44.6 Å². The first kappa shape index (κ1) is 11.9. The van der Waals surface area contributed by atoms with E-state index in [0.717, 1.165) is 17.9 Å². The molecule has 4 heteroatoms. The first-order valence-electron chi connectivity index (χ1n) is 5.85. The van der Waals surface area contributed by atoms with Crippen molar-refractivity contribution in [3.63, 3.8) is 0 Å². The highest BCUT2D eigenvalue weighted by atomic mass is 16.5. The minimum atomic E-state index is -0.145. The van der Waals surface area contributed by atoms with E-state index in [2.05, 4.69) is 5.32 Å². The second-order valence-corrected chi connectivity index (χ2v) is 4.26. The fraction of sp³-hybridized carbons (Fsp3) is 0.462. The molecule has 0 fully saturated rings. The van der Waals surface area contributed by atoms with Crippen molar-refractivity contribution >= 4 is 5.91 Å². The standard InChI is InChI=1S/C13H18N2O2/c1-14-7-8-15(2)13(16)11-9-17-12-6-4-3-5-10(11)12/h3-6,11,14H,7-9H2,1-2H3. The van der Waals surface area contributed by atoms with Crippen molar-refractivity contribution in [2.75, 3.05) is 33.8 Å². The second-order valence-electron chi connectivity index (χ2n) is 4.26. The topological polar surface area (TPSA) is 41.6 Å². The van der Waals surface area contributed by atoms with Crippen LogP contribution in [0.15, 0.2) is 24.3 Å². The van der Waals surface area contributed by atoms with Crippen LogP contribution in [-0.2, 0) is 4.79 Å². The molecule has 1 unspecified atom stereocenters. The van der Waals surface area contributed by atoms with Gasteiger partial charge in [-0.15, -0.1) is 0 Å². The van der Waals surface area contributed by atoms with Gasteiger partial charge in [0.25, 0.3) is 0 Å². The molecule has 0 radical (unpaired) electrons. The SMILES string of the molecule is CNCCN(C)C(=O)C1COc2ccccc21. The Hall–Kier alpha value is -1.55. The lowest BCUT2D eigenvalue weighted by molar-refractivity contribution is -0.131. The molecule has 0 aliphatic carbocycles. The Balaban J connectivity index is 2.07. The summed E-state index contributed by atoms with van der Waals surface area (Å²) in [6.07, 6.45) is 0. The molecule has 1 N–H and O–H groups in total. The maximum atomic E-state index is 12.2. The van der Waals surface area contributed by atoms with E-state index in [1.54, 1.807) is 4.90 Å². The van der Waals surface area contributed by atoms with E-state index in [0.29, 0.717) is 13.2 Å². The van der Waals surface area contributed by atoms with Gasteiger partial charge < -0.3 is 15.0 Å². The predicted molar refractivity (Wildman–Crippen MR) is 66.2 cm³/mol. The van der Waals surface area contributed by atoms with E-state index < -0.39 is 0 Å². The number of ether oxygens (including phenoxy) is 1. The van der Waals surface area contributed by atoms with Gasteiger partial charge >= 0.3 is 0 Å². The fourth-order valence-electron chi connectivity index (χ4n) is 2.02. The molecule has 4 nitrogen and oxygen atoms in total. The van der Waals surface area contributed by atoms with Gasteiger partial charge in [0.05, 0.1) is 0 Å². The van der Waals surface area contributed by atoms with Gasteiger partial charge in [0, 0.05) is 25.7 Å². The lowest BCUT2D eigenvalue weighted by Crippen LogP contribution is -2.36. The average Bonchev–Trinajstić information content (AvgIpc) is 2.78. The summed E-state index contributed by atoms with van der Waals surface area (Å²) in [6, 6.07) is 7.75. The molecule has 0 spiro atoms. The summed E-state index contributed by atoms with van der Waals surface area (Å²) in [4.78, 5) is 14.0. The Morgan fingerprint density at radius 1 is 1.53 bits per heavy atom. The molecule has 0 bridgehead atoms. The Labute approximate surface area is 102 Å². The highest BCUT2D eigenvalue weighted by Gasteiger charge is 2.31. The van der Waals surface area contributed by atoms with E-state index >= 15 is 0 Å². The molecule has 2 rings (SSSR count). The van der Waals surface area contributed by atoms with E-state index in [4.69, 9.17) is 4.74 Å². The van der Waals surface area contributed by atoms with Gasteiger partial charge in [0.1, 0.15) is 18.3 Å². The summed E-state index contributed by atoms with van der Waals surface area (Å²) in [5.41, 5.74) is 1.01. The summed E-state index contributed by atoms with van der Waals surface area (Å²) in [6.45, 7) is 1.98. The first-order chi connectivity index (χ1) is 8.24. The summed E-state index contributed by atoms with van der Waals surface area (Å²) < 4.78 is 5.52. The lowest BCUT2D eigenvalue weighted by Gasteiger charge is -2.20. The Morgan fingerprint density at radius 2 is 2.29 bits per heavy atom. The fourth-order valence-corrected chi connectivity index (χ4v) is 2.02. The number of carbonyl (C=O) groups excluding carboxylic acids is 1. The molecule has 17 heavy (non-hydrogen) atoms. The normalized spacial score (nSPS) is 17.4. The van der Waals surface area contributed by atoms with E-state index in [9.17, 15) is 4.79 Å². The van der Waals surface area contributed by atoms with Crippen molar-refractivity contribution in [2.24, 2.45) is 0 Å².